The molecule has 0 fully saturated rings. The first-order valence-electron chi connectivity index (χ1n) is 5.37. The number of aliphatic hydroxyl groups excluding tert-OH is 1. The Morgan fingerprint density at radius 1 is 0.938 bits per heavy atom. The van der Waals surface area contributed by atoms with Gasteiger partial charge in [-0.3, -0.25) is 0 Å². The molecule has 0 radical (unpaired) electrons. The van der Waals surface area contributed by atoms with Gasteiger partial charge in [-0.1, -0.05) is 36.4 Å². The first-order chi connectivity index (χ1) is 7.84. The van der Waals surface area contributed by atoms with Crippen molar-refractivity contribution >= 4 is 0 Å². The topological polar surface area (TPSA) is 29.5 Å². The van der Waals surface area contributed by atoms with Crippen molar-refractivity contribution < 1.29 is 9.84 Å². The number of rotatable bonds is 0. The predicted molar refractivity (Wildman–Crippen MR) is 61.6 cm³/mol. The smallest absolute Gasteiger partial charge is 0.133 e. The maximum atomic E-state index is 10.1. The Kier molecular flexibility index (Phi) is 2.15. The first kappa shape index (κ1) is 9.43. The Morgan fingerprint density at radius 3 is 2.50 bits per heavy atom. The van der Waals surface area contributed by atoms with Crippen molar-refractivity contribution in [2.45, 2.75) is 12.5 Å². The lowest BCUT2D eigenvalue weighted by molar-refractivity contribution is 0.178. The highest BCUT2D eigenvalue weighted by Crippen LogP contribution is 2.37. The van der Waals surface area contributed by atoms with Gasteiger partial charge in [-0.2, -0.15) is 0 Å². The molecule has 3 rings (SSSR count). The molecular formula is C14H12O2. The lowest BCUT2D eigenvalue weighted by Crippen LogP contribution is -1.99. The third-order valence-electron chi connectivity index (χ3n) is 2.88. The van der Waals surface area contributed by atoms with Crippen molar-refractivity contribution in [1.29, 1.82) is 0 Å². The van der Waals surface area contributed by atoms with E-state index >= 15 is 0 Å². The highest BCUT2D eigenvalue weighted by atomic mass is 16.5. The van der Waals surface area contributed by atoms with Crippen LogP contribution in [0.2, 0.25) is 0 Å². The van der Waals surface area contributed by atoms with Gasteiger partial charge in [-0.05, 0) is 17.7 Å². The molecule has 0 unspecified atom stereocenters. The molecule has 1 aliphatic rings. The van der Waals surface area contributed by atoms with Gasteiger partial charge in [0.1, 0.15) is 11.5 Å². The molecule has 0 aromatic heterocycles. The van der Waals surface area contributed by atoms with Gasteiger partial charge in [0.2, 0.25) is 0 Å². The maximum absolute atomic E-state index is 10.1. The normalized spacial score (nSPS) is 17.9. The zero-order valence-electron chi connectivity index (χ0n) is 8.76. The third kappa shape index (κ3) is 1.48. The number of hydrogen-bond acceptors (Lipinski definition) is 2. The molecule has 0 saturated heterocycles. The van der Waals surface area contributed by atoms with Crippen molar-refractivity contribution in [2.24, 2.45) is 0 Å². The van der Waals surface area contributed by atoms with Gasteiger partial charge in [0, 0.05) is 12.0 Å². The van der Waals surface area contributed by atoms with E-state index in [4.69, 9.17) is 4.74 Å². The highest BCUT2D eigenvalue weighted by Gasteiger charge is 2.20. The van der Waals surface area contributed by atoms with Crippen LogP contribution in [0.1, 0.15) is 17.2 Å². The second-order valence-corrected chi connectivity index (χ2v) is 3.97. The van der Waals surface area contributed by atoms with Gasteiger partial charge < -0.3 is 9.84 Å². The molecule has 0 amide bonds. The lowest BCUT2D eigenvalue weighted by atomic mass is 10.0. The fourth-order valence-corrected chi connectivity index (χ4v) is 2.06. The van der Waals surface area contributed by atoms with Crippen LogP contribution in [0.15, 0.2) is 48.5 Å². The lowest BCUT2D eigenvalue weighted by Gasteiger charge is -2.09. The molecule has 0 aliphatic carbocycles. The Bertz CT molecular complexity index is 520. The molecule has 0 spiro atoms. The van der Waals surface area contributed by atoms with Crippen molar-refractivity contribution in [2.75, 3.05) is 0 Å². The average molecular weight is 212 g/mol. The largest absolute Gasteiger partial charge is 0.457 e. The monoisotopic (exact) mass is 212 g/mol. The molecule has 1 atom stereocenters. The molecule has 1 heterocycles. The summed E-state index contributed by atoms with van der Waals surface area (Å²) in [6, 6.07) is 15.5. The predicted octanol–water partition coefficient (Wildman–Crippen LogP) is 3.07. The van der Waals surface area contributed by atoms with Crippen LogP contribution in [0.3, 0.4) is 0 Å². The second kappa shape index (κ2) is 3.65. The summed E-state index contributed by atoms with van der Waals surface area (Å²) >= 11 is 0. The van der Waals surface area contributed by atoms with Gasteiger partial charge in [-0.15, -0.1) is 0 Å². The molecule has 2 aromatic rings. The number of ether oxygens (including phenoxy) is 1. The summed E-state index contributed by atoms with van der Waals surface area (Å²) in [4.78, 5) is 0. The third-order valence-corrected chi connectivity index (χ3v) is 2.88. The van der Waals surface area contributed by atoms with Crippen LogP contribution in [0.5, 0.6) is 11.5 Å². The molecule has 2 heteroatoms. The van der Waals surface area contributed by atoms with Crippen molar-refractivity contribution in [3.63, 3.8) is 0 Å². The number of benzene rings is 2. The molecule has 2 aromatic carbocycles. The Morgan fingerprint density at radius 2 is 1.62 bits per heavy atom. The van der Waals surface area contributed by atoms with Crippen molar-refractivity contribution in [3.05, 3.63) is 59.7 Å². The van der Waals surface area contributed by atoms with Crippen LogP contribution in [0.4, 0.5) is 0 Å². The van der Waals surface area contributed by atoms with Gasteiger partial charge in [0.25, 0.3) is 0 Å². The van der Waals surface area contributed by atoms with Crippen molar-refractivity contribution in [1.82, 2.24) is 0 Å². The highest BCUT2D eigenvalue weighted by molar-refractivity contribution is 5.45. The molecule has 2 nitrogen and oxygen atoms in total. The Labute approximate surface area is 94.1 Å². The quantitative estimate of drug-likeness (QED) is 0.727. The molecule has 16 heavy (non-hydrogen) atoms. The Hall–Kier alpha value is -1.80. The number of hydrogen-bond donors (Lipinski definition) is 1. The first-order valence-corrected chi connectivity index (χ1v) is 5.37. The SMILES string of the molecule is O[C@@H]1Cc2ccccc2Oc2ccccc21. The average Bonchev–Trinajstić information content (AvgIpc) is 2.45. The van der Waals surface area contributed by atoms with E-state index < -0.39 is 6.10 Å². The molecule has 1 N–H and O–H groups in total. The minimum Gasteiger partial charge on any atom is -0.457 e. The second-order valence-electron chi connectivity index (χ2n) is 3.97. The van der Waals surface area contributed by atoms with Gasteiger partial charge in [0.05, 0.1) is 6.10 Å². The van der Waals surface area contributed by atoms with Gasteiger partial charge >= 0.3 is 0 Å². The van der Waals surface area contributed by atoms with E-state index in [1.54, 1.807) is 0 Å². The van der Waals surface area contributed by atoms with Crippen LogP contribution in [0, 0.1) is 0 Å². The van der Waals surface area contributed by atoms with E-state index in [0.717, 1.165) is 22.6 Å². The van der Waals surface area contributed by atoms with Crippen LogP contribution >= 0.6 is 0 Å². The summed E-state index contributed by atoms with van der Waals surface area (Å²) in [5.74, 6) is 1.59. The zero-order chi connectivity index (χ0) is 11.0. The molecular weight excluding hydrogens is 200 g/mol. The number of para-hydroxylation sites is 2. The van der Waals surface area contributed by atoms with E-state index in [1.165, 1.54) is 0 Å². The standard InChI is InChI=1S/C14H12O2/c15-12-9-10-5-1-3-7-13(10)16-14-8-4-2-6-11(12)14/h1-8,12,15H,9H2/t12-/m1/s1. The van der Waals surface area contributed by atoms with E-state index in [-0.39, 0.29) is 0 Å². The summed E-state index contributed by atoms with van der Waals surface area (Å²) in [6.07, 6.45) is 0.118. The molecule has 0 saturated carbocycles. The van der Waals surface area contributed by atoms with E-state index in [2.05, 4.69) is 0 Å². The van der Waals surface area contributed by atoms with E-state index in [0.29, 0.717) is 6.42 Å². The minimum atomic E-state index is -0.486. The number of aliphatic hydroxyl groups is 1. The minimum absolute atomic E-state index is 0.486. The van der Waals surface area contributed by atoms with Gasteiger partial charge in [0.15, 0.2) is 0 Å². The van der Waals surface area contributed by atoms with Crippen LogP contribution in [0.25, 0.3) is 0 Å². The van der Waals surface area contributed by atoms with Crippen LogP contribution in [-0.2, 0) is 6.42 Å². The molecule has 80 valence electrons. The number of fused-ring (bicyclic) bond motifs is 2. The summed E-state index contributed by atoms with van der Waals surface area (Å²) < 4.78 is 5.81. The van der Waals surface area contributed by atoms with E-state index in [1.807, 2.05) is 48.5 Å². The summed E-state index contributed by atoms with van der Waals surface area (Å²) in [6.45, 7) is 0. The van der Waals surface area contributed by atoms with Gasteiger partial charge in [-0.25, -0.2) is 0 Å². The van der Waals surface area contributed by atoms with Crippen LogP contribution < -0.4 is 4.74 Å². The van der Waals surface area contributed by atoms with Crippen LogP contribution in [-0.4, -0.2) is 5.11 Å². The Balaban J connectivity index is 2.15. The van der Waals surface area contributed by atoms with E-state index in [9.17, 15) is 5.11 Å². The maximum Gasteiger partial charge on any atom is 0.133 e. The summed E-state index contributed by atoms with van der Waals surface area (Å²) in [5, 5.41) is 10.1. The molecule has 1 aliphatic heterocycles. The molecule has 0 bridgehead atoms. The zero-order valence-corrected chi connectivity index (χ0v) is 8.76. The summed E-state index contributed by atoms with van der Waals surface area (Å²) in [7, 11) is 0. The van der Waals surface area contributed by atoms with Crippen molar-refractivity contribution in [3.8, 4) is 11.5 Å². The fraction of sp³-hybridized carbons (Fsp3) is 0.143. The fourth-order valence-electron chi connectivity index (χ4n) is 2.06. The summed E-state index contributed by atoms with van der Waals surface area (Å²) in [5.41, 5.74) is 1.91.